The molecular weight excluding hydrogens is 218 g/mol. The molecule has 1 aliphatic rings. The molecule has 0 bridgehead atoms. The maximum Gasteiger partial charge on any atom is 0.202 e. The van der Waals surface area contributed by atoms with Crippen molar-refractivity contribution in [3.8, 4) is 0 Å². The topological polar surface area (TPSA) is 37.0 Å². The number of hydrazine groups is 1. The monoisotopic (exact) mass is 231 g/mol. The number of benzene rings is 1. The molecule has 0 fully saturated rings. The summed E-state index contributed by atoms with van der Waals surface area (Å²) in [5.41, 5.74) is 8.71. The summed E-state index contributed by atoms with van der Waals surface area (Å²) in [5, 5.41) is 0.925. The van der Waals surface area contributed by atoms with E-state index in [-0.39, 0.29) is 0 Å². The zero-order chi connectivity index (χ0) is 10.8. The van der Waals surface area contributed by atoms with Crippen LogP contribution in [0.4, 0.5) is 5.13 Å². The van der Waals surface area contributed by atoms with Crippen molar-refractivity contribution < 1.29 is 0 Å². The van der Waals surface area contributed by atoms with Crippen LogP contribution in [0.15, 0.2) is 36.0 Å². The molecule has 4 heteroatoms. The first-order chi connectivity index (χ1) is 7.92. The van der Waals surface area contributed by atoms with E-state index in [1.165, 1.54) is 23.2 Å². The summed E-state index contributed by atoms with van der Waals surface area (Å²) >= 11 is 1.67. The fourth-order valence-corrected chi connectivity index (χ4v) is 2.66. The van der Waals surface area contributed by atoms with Gasteiger partial charge < -0.3 is 5.43 Å². The van der Waals surface area contributed by atoms with Gasteiger partial charge in [-0.3, -0.25) is 5.43 Å². The average molecular weight is 231 g/mol. The Kier molecular flexibility index (Phi) is 2.50. The standard InChI is InChI=1S/C12H13N3S/c1-2-6-9(5-1)14-15-12-13-10-7-3-4-8-11(10)16-12/h3-5,7-8,14H,1-2,6H2,(H,13,15). The largest absolute Gasteiger partial charge is 0.303 e. The summed E-state index contributed by atoms with van der Waals surface area (Å²) in [4.78, 5) is 4.49. The highest BCUT2D eigenvalue weighted by molar-refractivity contribution is 7.22. The molecule has 0 spiro atoms. The Labute approximate surface area is 98.2 Å². The number of para-hydroxylation sites is 1. The first-order valence-corrected chi connectivity index (χ1v) is 6.30. The predicted molar refractivity (Wildman–Crippen MR) is 68.3 cm³/mol. The molecular formula is C12H13N3S. The third-order valence-corrected chi connectivity index (χ3v) is 3.62. The molecule has 0 saturated carbocycles. The maximum absolute atomic E-state index is 4.49. The van der Waals surface area contributed by atoms with Crippen LogP contribution in [-0.4, -0.2) is 4.98 Å². The number of nitrogens with zero attached hydrogens (tertiary/aromatic N) is 1. The predicted octanol–water partition coefficient (Wildman–Crippen LogP) is 3.28. The lowest BCUT2D eigenvalue weighted by atomic mass is 10.3. The van der Waals surface area contributed by atoms with Crippen molar-refractivity contribution in [3.63, 3.8) is 0 Å². The third-order valence-electron chi connectivity index (χ3n) is 2.66. The van der Waals surface area contributed by atoms with E-state index in [0.717, 1.165) is 17.1 Å². The maximum atomic E-state index is 4.49. The molecule has 0 aliphatic heterocycles. The Morgan fingerprint density at radius 2 is 2.12 bits per heavy atom. The molecule has 1 aromatic carbocycles. The fourth-order valence-electron chi connectivity index (χ4n) is 1.84. The SMILES string of the molecule is C1=C(NNc2nc3ccccc3s2)CCC1. The molecule has 1 aliphatic carbocycles. The van der Waals surface area contributed by atoms with Crippen molar-refractivity contribution in [1.29, 1.82) is 0 Å². The van der Waals surface area contributed by atoms with Gasteiger partial charge in [-0.15, -0.1) is 0 Å². The Hall–Kier alpha value is -1.55. The lowest BCUT2D eigenvalue weighted by Gasteiger charge is -2.06. The van der Waals surface area contributed by atoms with Crippen LogP contribution in [0.25, 0.3) is 10.2 Å². The lowest BCUT2D eigenvalue weighted by Crippen LogP contribution is -2.19. The van der Waals surface area contributed by atoms with E-state index in [1.54, 1.807) is 11.3 Å². The van der Waals surface area contributed by atoms with Crippen LogP contribution in [0.3, 0.4) is 0 Å². The molecule has 0 unspecified atom stereocenters. The Balaban J connectivity index is 1.74. The molecule has 0 amide bonds. The van der Waals surface area contributed by atoms with Crippen LogP contribution < -0.4 is 10.9 Å². The Morgan fingerprint density at radius 1 is 1.19 bits per heavy atom. The van der Waals surface area contributed by atoms with Crippen molar-refractivity contribution in [1.82, 2.24) is 10.4 Å². The highest BCUT2D eigenvalue weighted by atomic mass is 32.1. The highest BCUT2D eigenvalue weighted by Crippen LogP contribution is 2.25. The molecule has 3 rings (SSSR count). The number of rotatable bonds is 3. The summed E-state index contributed by atoms with van der Waals surface area (Å²) in [6, 6.07) is 8.18. The van der Waals surface area contributed by atoms with Crippen LogP contribution >= 0.6 is 11.3 Å². The second-order valence-electron chi connectivity index (χ2n) is 3.86. The van der Waals surface area contributed by atoms with Crippen LogP contribution in [0.5, 0.6) is 0 Å². The van der Waals surface area contributed by atoms with Gasteiger partial charge in [-0.1, -0.05) is 29.5 Å². The van der Waals surface area contributed by atoms with E-state index in [1.807, 2.05) is 18.2 Å². The zero-order valence-corrected chi connectivity index (χ0v) is 9.68. The smallest absolute Gasteiger partial charge is 0.202 e. The molecule has 1 heterocycles. The number of nitrogens with one attached hydrogen (secondary N) is 2. The first kappa shape index (κ1) is 9.66. The number of allylic oxidation sites excluding steroid dienone is 2. The zero-order valence-electron chi connectivity index (χ0n) is 8.86. The van der Waals surface area contributed by atoms with Crippen molar-refractivity contribution in [2.24, 2.45) is 0 Å². The van der Waals surface area contributed by atoms with Crippen molar-refractivity contribution in [2.75, 3.05) is 5.43 Å². The van der Waals surface area contributed by atoms with Crippen LogP contribution in [0.2, 0.25) is 0 Å². The summed E-state index contributed by atoms with van der Waals surface area (Å²) in [5.74, 6) is 0. The molecule has 1 aromatic heterocycles. The molecule has 2 N–H and O–H groups in total. The highest BCUT2D eigenvalue weighted by Gasteiger charge is 2.05. The van der Waals surface area contributed by atoms with Crippen molar-refractivity contribution in [2.45, 2.75) is 19.3 Å². The van der Waals surface area contributed by atoms with Crippen molar-refractivity contribution in [3.05, 3.63) is 36.0 Å². The summed E-state index contributed by atoms with van der Waals surface area (Å²) < 4.78 is 1.22. The summed E-state index contributed by atoms with van der Waals surface area (Å²) in [6.45, 7) is 0. The molecule has 3 nitrogen and oxygen atoms in total. The van der Waals surface area contributed by atoms with Gasteiger partial charge in [0, 0.05) is 5.70 Å². The van der Waals surface area contributed by atoms with Gasteiger partial charge >= 0.3 is 0 Å². The summed E-state index contributed by atoms with van der Waals surface area (Å²) in [7, 11) is 0. The average Bonchev–Trinajstić information content (AvgIpc) is 2.95. The first-order valence-electron chi connectivity index (χ1n) is 5.48. The second kappa shape index (κ2) is 4.14. The molecule has 0 saturated heterocycles. The van der Waals surface area contributed by atoms with Gasteiger partial charge in [0.25, 0.3) is 0 Å². The van der Waals surface area contributed by atoms with Crippen LogP contribution in [-0.2, 0) is 0 Å². The number of thiazole rings is 1. The second-order valence-corrected chi connectivity index (χ2v) is 4.89. The third kappa shape index (κ3) is 1.88. The fraction of sp³-hybridized carbons (Fsp3) is 0.250. The van der Waals surface area contributed by atoms with Crippen molar-refractivity contribution >= 4 is 26.7 Å². The molecule has 82 valence electrons. The van der Waals surface area contributed by atoms with E-state index in [4.69, 9.17) is 0 Å². The minimum atomic E-state index is 0.925. The van der Waals surface area contributed by atoms with Gasteiger partial charge in [0.1, 0.15) is 0 Å². The van der Waals surface area contributed by atoms with Crippen LogP contribution in [0, 0.1) is 0 Å². The molecule has 2 aromatic rings. The minimum Gasteiger partial charge on any atom is -0.303 e. The quantitative estimate of drug-likeness (QED) is 0.796. The molecule has 0 radical (unpaired) electrons. The van der Waals surface area contributed by atoms with Gasteiger partial charge in [0.2, 0.25) is 5.13 Å². The number of fused-ring (bicyclic) bond motifs is 1. The molecule has 16 heavy (non-hydrogen) atoms. The van der Waals surface area contributed by atoms with Crippen LogP contribution in [0.1, 0.15) is 19.3 Å². The number of anilines is 1. The van der Waals surface area contributed by atoms with Gasteiger partial charge in [-0.2, -0.15) is 0 Å². The van der Waals surface area contributed by atoms with E-state index >= 15 is 0 Å². The normalized spacial score (nSPS) is 15.1. The number of hydrogen-bond donors (Lipinski definition) is 2. The van der Waals surface area contributed by atoms with E-state index < -0.39 is 0 Å². The van der Waals surface area contributed by atoms with Gasteiger partial charge in [-0.05, 0) is 31.4 Å². The van der Waals surface area contributed by atoms with Gasteiger partial charge in [0.05, 0.1) is 10.2 Å². The lowest BCUT2D eigenvalue weighted by molar-refractivity contribution is 0.838. The van der Waals surface area contributed by atoms with E-state index in [9.17, 15) is 0 Å². The van der Waals surface area contributed by atoms with E-state index in [2.05, 4.69) is 28.0 Å². The number of aromatic nitrogens is 1. The minimum absolute atomic E-state index is 0.925. The van der Waals surface area contributed by atoms with Gasteiger partial charge in [-0.25, -0.2) is 4.98 Å². The number of hydrogen-bond acceptors (Lipinski definition) is 4. The Morgan fingerprint density at radius 3 is 2.94 bits per heavy atom. The van der Waals surface area contributed by atoms with E-state index in [0.29, 0.717) is 0 Å². The van der Waals surface area contributed by atoms with Gasteiger partial charge in [0.15, 0.2) is 0 Å². The molecule has 0 atom stereocenters. The Bertz CT molecular complexity index is 497. The summed E-state index contributed by atoms with van der Waals surface area (Å²) in [6.07, 6.45) is 5.81.